The van der Waals surface area contributed by atoms with Crippen LogP contribution >= 0.6 is 11.3 Å². The fourth-order valence-corrected chi connectivity index (χ4v) is 1.72. The quantitative estimate of drug-likeness (QED) is 0.790. The van der Waals surface area contributed by atoms with Crippen LogP contribution in [0.25, 0.3) is 0 Å². The maximum atomic E-state index is 11.3. The summed E-state index contributed by atoms with van der Waals surface area (Å²) in [4.78, 5) is 15.4. The molecule has 0 aromatic carbocycles. The van der Waals surface area contributed by atoms with Crippen LogP contribution in [0.4, 0.5) is 0 Å². The summed E-state index contributed by atoms with van der Waals surface area (Å²) in [5.74, 6) is 0.163. The normalized spacial score (nSPS) is 15.7. The number of carbonyl (C=O) groups excluding carboxylic acids is 1. The SMILES string of the molecule is O=C(CCc1cscn1)NC1CC1. The van der Waals surface area contributed by atoms with Crippen molar-refractivity contribution >= 4 is 17.2 Å². The Balaban J connectivity index is 1.69. The molecular weight excluding hydrogens is 184 g/mol. The number of nitrogens with one attached hydrogen (secondary N) is 1. The molecule has 1 aliphatic rings. The number of carbonyl (C=O) groups is 1. The summed E-state index contributed by atoms with van der Waals surface area (Å²) in [7, 11) is 0. The molecule has 13 heavy (non-hydrogen) atoms. The summed E-state index contributed by atoms with van der Waals surface area (Å²) in [5.41, 5.74) is 2.82. The summed E-state index contributed by atoms with van der Waals surface area (Å²) in [5, 5.41) is 4.94. The Bertz CT molecular complexity index is 280. The van der Waals surface area contributed by atoms with Crippen LogP contribution in [0.3, 0.4) is 0 Å². The van der Waals surface area contributed by atoms with E-state index in [1.54, 1.807) is 16.8 Å². The number of rotatable bonds is 4. The van der Waals surface area contributed by atoms with Gasteiger partial charge in [-0.05, 0) is 19.3 Å². The van der Waals surface area contributed by atoms with Gasteiger partial charge in [-0.15, -0.1) is 11.3 Å². The summed E-state index contributed by atoms with van der Waals surface area (Å²) >= 11 is 1.57. The lowest BCUT2D eigenvalue weighted by molar-refractivity contribution is -0.121. The first-order chi connectivity index (χ1) is 6.34. The van der Waals surface area contributed by atoms with Crippen molar-refractivity contribution in [2.75, 3.05) is 0 Å². The number of hydrogen-bond donors (Lipinski definition) is 1. The highest BCUT2D eigenvalue weighted by Crippen LogP contribution is 2.18. The van der Waals surface area contributed by atoms with Crippen molar-refractivity contribution < 1.29 is 4.79 Å². The Labute approximate surface area is 81.2 Å². The lowest BCUT2D eigenvalue weighted by Gasteiger charge is -2.00. The third-order valence-corrected chi connectivity index (χ3v) is 2.67. The highest BCUT2D eigenvalue weighted by atomic mass is 32.1. The van der Waals surface area contributed by atoms with Crippen molar-refractivity contribution in [3.05, 3.63) is 16.6 Å². The second-order valence-corrected chi connectivity index (χ2v) is 4.04. The molecule has 2 rings (SSSR count). The number of aromatic nitrogens is 1. The van der Waals surface area contributed by atoms with Gasteiger partial charge in [-0.25, -0.2) is 4.98 Å². The first-order valence-corrected chi connectivity index (χ1v) is 5.45. The van der Waals surface area contributed by atoms with E-state index in [-0.39, 0.29) is 5.91 Å². The lowest BCUT2D eigenvalue weighted by Crippen LogP contribution is -2.25. The molecule has 1 N–H and O–H groups in total. The van der Waals surface area contributed by atoms with Gasteiger partial charge >= 0.3 is 0 Å². The van der Waals surface area contributed by atoms with E-state index in [0.29, 0.717) is 12.5 Å². The van der Waals surface area contributed by atoms with Gasteiger partial charge in [0, 0.05) is 17.8 Å². The Kier molecular flexibility index (Phi) is 2.59. The fraction of sp³-hybridized carbons (Fsp3) is 0.556. The minimum atomic E-state index is 0.163. The van der Waals surface area contributed by atoms with E-state index < -0.39 is 0 Å². The molecule has 70 valence electrons. The van der Waals surface area contributed by atoms with Crippen LogP contribution in [-0.2, 0) is 11.2 Å². The lowest BCUT2D eigenvalue weighted by atomic mass is 10.2. The van der Waals surface area contributed by atoms with Crippen LogP contribution in [0.2, 0.25) is 0 Å². The molecule has 0 spiro atoms. The van der Waals surface area contributed by atoms with Crippen LogP contribution < -0.4 is 5.32 Å². The van der Waals surface area contributed by atoms with Gasteiger partial charge in [0.2, 0.25) is 5.91 Å². The molecule has 0 atom stereocenters. The molecule has 1 aromatic rings. The molecule has 1 amide bonds. The highest BCUT2D eigenvalue weighted by molar-refractivity contribution is 7.07. The average molecular weight is 196 g/mol. The zero-order chi connectivity index (χ0) is 9.10. The van der Waals surface area contributed by atoms with Crippen molar-refractivity contribution in [2.45, 2.75) is 31.7 Å². The molecule has 1 saturated carbocycles. The van der Waals surface area contributed by atoms with Crippen molar-refractivity contribution in [1.82, 2.24) is 10.3 Å². The van der Waals surface area contributed by atoms with Crippen LogP contribution in [-0.4, -0.2) is 16.9 Å². The number of hydrogen-bond acceptors (Lipinski definition) is 3. The van der Waals surface area contributed by atoms with Gasteiger partial charge in [0.15, 0.2) is 0 Å². The maximum Gasteiger partial charge on any atom is 0.220 e. The molecule has 0 aliphatic heterocycles. The van der Waals surface area contributed by atoms with E-state index >= 15 is 0 Å². The van der Waals surface area contributed by atoms with Gasteiger partial charge in [0.05, 0.1) is 11.2 Å². The Hall–Kier alpha value is -0.900. The molecule has 1 heterocycles. The van der Waals surface area contributed by atoms with Crippen LogP contribution in [0.15, 0.2) is 10.9 Å². The van der Waals surface area contributed by atoms with Crippen LogP contribution in [0.1, 0.15) is 25.0 Å². The zero-order valence-corrected chi connectivity index (χ0v) is 8.14. The molecule has 0 unspecified atom stereocenters. The molecule has 3 nitrogen and oxygen atoms in total. The monoisotopic (exact) mass is 196 g/mol. The van der Waals surface area contributed by atoms with E-state index in [4.69, 9.17) is 0 Å². The fourth-order valence-electron chi connectivity index (χ4n) is 1.13. The standard InChI is InChI=1S/C9H12N2OS/c12-9(11-7-1-2-7)4-3-8-5-13-6-10-8/h5-7H,1-4H2,(H,11,12). The molecule has 0 saturated heterocycles. The van der Waals surface area contributed by atoms with Gasteiger partial charge in [0.25, 0.3) is 0 Å². The molecule has 4 heteroatoms. The largest absolute Gasteiger partial charge is 0.353 e. The van der Waals surface area contributed by atoms with E-state index in [2.05, 4.69) is 10.3 Å². The van der Waals surface area contributed by atoms with Crippen LogP contribution in [0, 0.1) is 0 Å². The molecule has 0 radical (unpaired) electrons. The van der Waals surface area contributed by atoms with E-state index in [9.17, 15) is 4.79 Å². The molecule has 1 aliphatic carbocycles. The van der Waals surface area contributed by atoms with Gasteiger partial charge in [0.1, 0.15) is 0 Å². The number of thiazole rings is 1. The van der Waals surface area contributed by atoms with Crippen molar-refractivity contribution in [3.63, 3.8) is 0 Å². The number of amides is 1. The first-order valence-electron chi connectivity index (χ1n) is 4.51. The van der Waals surface area contributed by atoms with Crippen molar-refractivity contribution in [2.24, 2.45) is 0 Å². The average Bonchev–Trinajstić information content (AvgIpc) is 2.78. The van der Waals surface area contributed by atoms with Gasteiger partial charge in [-0.2, -0.15) is 0 Å². The second kappa shape index (κ2) is 3.87. The van der Waals surface area contributed by atoms with Gasteiger partial charge < -0.3 is 5.32 Å². The molecular formula is C9H12N2OS. The minimum Gasteiger partial charge on any atom is -0.353 e. The van der Waals surface area contributed by atoms with Gasteiger partial charge in [-0.3, -0.25) is 4.79 Å². The number of aryl methyl sites for hydroxylation is 1. The van der Waals surface area contributed by atoms with Gasteiger partial charge in [-0.1, -0.05) is 0 Å². The van der Waals surface area contributed by atoms with Crippen molar-refractivity contribution in [3.8, 4) is 0 Å². The molecule has 1 aromatic heterocycles. The predicted molar refractivity (Wildman–Crippen MR) is 51.6 cm³/mol. The third kappa shape index (κ3) is 2.81. The molecule has 1 fully saturated rings. The smallest absolute Gasteiger partial charge is 0.220 e. The topological polar surface area (TPSA) is 42.0 Å². The van der Waals surface area contributed by atoms with E-state index in [1.165, 1.54) is 0 Å². The predicted octanol–water partition coefficient (Wildman–Crippen LogP) is 1.35. The zero-order valence-electron chi connectivity index (χ0n) is 7.32. The van der Waals surface area contributed by atoms with E-state index in [0.717, 1.165) is 25.0 Å². The Morgan fingerprint density at radius 1 is 1.69 bits per heavy atom. The third-order valence-electron chi connectivity index (χ3n) is 2.03. The van der Waals surface area contributed by atoms with Crippen LogP contribution in [0.5, 0.6) is 0 Å². The number of nitrogens with zero attached hydrogens (tertiary/aromatic N) is 1. The first kappa shape index (κ1) is 8.69. The summed E-state index contributed by atoms with van der Waals surface area (Å²) in [6.07, 6.45) is 3.65. The second-order valence-electron chi connectivity index (χ2n) is 3.32. The Morgan fingerprint density at radius 3 is 3.15 bits per heavy atom. The summed E-state index contributed by atoms with van der Waals surface area (Å²) < 4.78 is 0. The minimum absolute atomic E-state index is 0.163. The van der Waals surface area contributed by atoms with E-state index in [1.807, 2.05) is 5.38 Å². The Morgan fingerprint density at radius 2 is 2.54 bits per heavy atom. The highest BCUT2D eigenvalue weighted by Gasteiger charge is 2.22. The van der Waals surface area contributed by atoms with Crippen molar-refractivity contribution in [1.29, 1.82) is 0 Å². The maximum absolute atomic E-state index is 11.3. The summed E-state index contributed by atoms with van der Waals surface area (Å²) in [6.45, 7) is 0. The summed E-state index contributed by atoms with van der Waals surface area (Å²) in [6, 6.07) is 0.475. The molecule has 0 bridgehead atoms.